The van der Waals surface area contributed by atoms with Crippen molar-refractivity contribution in [2.45, 2.75) is 37.1 Å². The molecule has 0 saturated heterocycles. The van der Waals surface area contributed by atoms with Gasteiger partial charge in [0.05, 0.1) is 22.0 Å². The summed E-state index contributed by atoms with van der Waals surface area (Å²) in [7, 11) is 1.37. The highest BCUT2D eigenvalue weighted by Gasteiger charge is 2.20. The highest BCUT2D eigenvalue weighted by Crippen LogP contribution is 2.23. The maximum atomic E-state index is 12.4. The van der Waals surface area contributed by atoms with Gasteiger partial charge < -0.3 is 9.88 Å². The van der Waals surface area contributed by atoms with E-state index < -0.39 is 10.0 Å². The Morgan fingerprint density at radius 2 is 2.07 bits per heavy atom. The van der Waals surface area contributed by atoms with Crippen molar-refractivity contribution in [1.82, 2.24) is 19.2 Å². The lowest BCUT2D eigenvalue weighted by Crippen LogP contribution is -2.28. The first-order valence-electron chi connectivity index (χ1n) is 9.44. The number of imidazole rings is 1. The van der Waals surface area contributed by atoms with E-state index in [0.29, 0.717) is 18.4 Å². The summed E-state index contributed by atoms with van der Waals surface area (Å²) in [5.74, 6) is 0.729. The first-order chi connectivity index (χ1) is 13.7. The van der Waals surface area contributed by atoms with Gasteiger partial charge in [0.25, 0.3) is 0 Å². The van der Waals surface area contributed by atoms with Gasteiger partial charge >= 0.3 is 0 Å². The molecule has 0 aliphatic rings. The number of amides is 1. The van der Waals surface area contributed by atoms with Gasteiger partial charge in [-0.3, -0.25) is 4.79 Å². The molecule has 9 heteroatoms. The lowest BCUT2D eigenvalue weighted by Gasteiger charge is -2.15. The van der Waals surface area contributed by atoms with Gasteiger partial charge in [-0.25, -0.2) is 17.7 Å². The smallest absolute Gasteiger partial charge is 0.242 e. The molecule has 3 rings (SSSR count). The summed E-state index contributed by atoms with van der Waals surface area (Å²) in [5, 5.41) is 5.09. The van der Waals surface area contributed by atoms with Crippen molar-refractivity contribution >= 4 is 38.3 Å². The third-order valence-electron chi connectivity index (χ3n) is 4.93. The molecule has 1 aromatic carbocycles. The summed E-state index contributed by atoms with van der Waals surface area (Å²) < 4.78 is 27.8. The number of aryl methyl sites for hydroxylation is 2. The van der Waals surface area contributed by atoms with Crippen molar-refractivity contribution in [3.05, 3.63) is 46.4 Å². The molecule has 1 unspecified atom stereocenters. The number of hydrogen-bond acceptors (Lipinski definition) is 5. The van der Waals surface area contributed by atoms with Gasteiger partial charge in [0.1, 0.15) is 5.82 Å². The maximum Gasteiger partial charge on any atom is 0.242 e. The monoisotopic (exact) mass is 434 g/mol. The van der Waals surface area contributed by atoms with Crippen molar-refractivity contribution in [3.63, 3.8) is 0 Å². The van der Waals surface area contributed by atoms with E-state index in [1.165, 1.54) is 18.4 Å². The Hall–Kier alpha value is -2.23. The van der Waals surface area contributed by atoms with Crippen LogP contribution < -0.4 is 5.32 Å². The van der Waals surface area contributed by atoms with E-state index in [-0.39, 0.29) is 16.8 Å². The van der Waals surface area contributed by atoms with Gasteiger partial charge in [0.2, 0.25) is 15.9 Å². The van der Waals surface area contributed by atoms with Crippen LogP contribution in [0.1, 0.15) is 36.5 Å². The van der Waals surface area contributed by atoms with E-state index >= 15 is 0 Å². The molecule has 29 heavy (non-hydrogen) atoms. The predicted molar refractivity (Wildman–Crippen MR) is 115 cm³/mol. The molecule has 0 aliphatic carbocycles. The SMILES string of the molecule is CCC(NC(=O)CCc1nc2cc(S(=O)(=O)N(C)C)ccc2n1C)c1cccs1. The van der Waals surface area contributed by atoms with E-state index in [1.807, 2.05) is 29.1 Å². The molecule has 7 nitrogen and oxygen atoms in total. The van der Waals surface area contributed by atoms with Crippen LogP contribution in [0.3, 0.4) is 0 Å². The first-order valence-corrected chi connectivity index (χ1v) is 11.8. The Kier molecular flexibility index (Phi) is 6.40. The van der Waals surface area contributed by atoms with E-state index in [9.17, 15) is 13.2 Å². The summed E-state index contributed by atoms with van der Waals surface area (Å²) in [6.45, 7) is 2.05. The number of sulfonamides is 1. The van der Waals surface area contributed by atoms with Crippen LogP contribution in [0.15, 0.2) is 40.6 Å². The first kappa shape index (κ1) is 21.5. The summed E-state index contributed by atoms with van der Waals surface area (Å²) in [6.07, 6.45) is 1.64. The second-order valence-electron chi connectivity index (χ2n) is 7.07. The highest BCUT2D eigenvalue weighted by atomic mass is 32.2. The van der Waals surface area contributed by atoms with Crippen molar-refractivity contribution in [1.29, 1.82) is 0 Å². The van der Waals surface area contributed by atoms with Crippen LogP contribution in [-0.4, -0.2) is 42.3 Å². The molecule has 1 atom stereocenters. The van der Waals surface area contributed by atoms with Gasteiger partial charge in [-0.2, -0.15) is 0 Å². The van der Waals surface area contributed by atoms with E-state index in [0.717, 1.165) is 22.6 Å². The van der Waals surface area contributed by atoms with E-state index in [1.54, 1.807) is 29.5 Å². The molecule has 0 bridgehead atoms. The number of rotatable bonds is 8. The predicted octanol–water partition coefficient (Wildman–Crippen LogP) is 3.09. The van der Waals surface area contributed by atoms with Gasteiger partial charge in [-0.15, -0.1) is 11.3 Å². The number of nitrogens with zero attached hydrogens (tertiary/aromatic N) is 3. The number of thiophene rings is 1. The van der Waals surface area contributed by atoms with Gasteiger partial charge in [-0.05, 0) is 36.1 Å². The van der Waals surface area contributed by atoms with Crippen LogP contribution >= 0.6 is 11.3 Å². The molecule has 1 N–H and O–H groups in total. The number of nitrogens with one attached hydrogen (secondary N) is 1. The average molecular weight is 435 g/mol. The average Bonchev–Trinajstić information content (AvgIpc) is 3.32. The summed E-state index contributed by atoms with van der Waals surface area (Å²) in [4.78, 5) is 18.4. The molecule has 1 amide bonds. The Morgan fingerprint density at radius 3 is 2.69 bits per heavy atom. The number of carbonyl (C=O) groups is 1. The van der Waals surface area contributed by atoms with Crippen molar-refractivity contribution in [2.24, 2.45) is 7.05 Å². The summed E-state index contributed by atoms with van der Waals surface area (Å²) in [5.41, 5.74) is 1.44. The second-order valence-corrected chi connectivity index (χ2v) is 10.2. The fraction of sp³-hybridized carbons (Fsp3) is 0.400. The number of aromatic nitrogens is 2. The minimum absolute atomic E-state index is 0.0202. The van der Waals surface area contributed by atoms with Crippen molar-refractivity contribution < 1.29 is 13.2 Å². The molecule has 0 fully saturated rings. The Morgan fingerprint density at radius 1 is 1.31 bits per heavy atom. The van der Waals surface area contributed by atoms with Crippen LogP contribution in [0.2, 0.25) is 0 Å². The topological polar surface area (TPSA) is 84.3 Å². The number of hydrogen-bond donors (Lipinski definition) is 1. The Labute approximate surface area is 175 Å². The normalized spacial score (nSPS) is 13.1. The summed E-state index contributed by atoms with van der Waals surface area (Å²) >= 11 is 1.64. The summed E-state index contributed by atoms with van der Waals surface area (Å²) in [6, 6.07) is 8.97. The molecule has 0 radical (unpaired) electrons. The van der Waals surface area contributed by atoms with Crippen LogP contribution in [0.4, 0.5) is 0 Å². The van der Waals surface area contributed by atoms with Gasteiger partial charge in [0.15, 0.2) is 0 Å². The standard InChI is InChI=1S/C20H26N4O3S2/c1-5-15(18-7-6-12-28-18)22-20(25)11-10-19-21-16-13-14(29(26,27)23(2)3)8-9-17(16)24(19)4/h6-9,12-13,15H,5,10-11H2,1-4H3,(H,22,25). The maximum absolute atomic E-state index is 12.4. The zero-order chi connectivity index (χ0) is 21.2. The third kappa shape index (κ3) is 4.52. The number of fused-ring (bicyclic) bond motifs is 1. The van der Waals surface area contributed by atoms with Gasteiger partial charge in [-0.1, -0.05) is 13.0 Å². The second kappa shape index (κ2) is 8.64. The van der Waals surface area contributed by atoms with Crippen LogP contribution in [0.25, 0.3) is 11.0 Å². The van der Waals surface area contributed by atoms with Crippen molar-refractivity contribution in [2.75, 3.05) is 14.1 Å². The molecular formula is C20H26N4O3S2. The zero-order valence-corrected chi connectivity index (χ0v) is 18.7. The quantitative estimate of drug-likeness (QED) is 0.590. The minimum Gasteiger partial charge on any atom is -0.348 e. The Bertz CT molecular complexity index is 1100. The number of benzene rings is 1. The van der Waals surface area contributed by atoms with Crippen molar-refractivity contribution in [3.8, 4) is 0 Å². The lowest BCUT2D eigenvalue weighted by atomic mass is 10.1. The Balaban J connectivity index is 1.73. The van der Waals surface area contributed by atoms with E-state index in [2.05, 4.69) is 17.2 Å². The van der Waals surface area contributed by atoms with Crippen LogP contribution in [-0.2, 0) is 28.3 Å². The zero-order valence-electron chi connectivity index (χ0n) is 17.0. The fourth-order valence-corrected chi connectivity index (χ4v) is 4.96. The van der Waals surface area contributed by atoms with Crippen LogP contribution in [0.5, 0.6) is 0 Å². The molecular weight excluding hydrogens is 408 g/mol. The minimum atomic E-state index is -3.51. The third-order valence-corrected chi connectivity index (χ3v) is 7.73. The van der Waals surface area contributed by atoms with E-state index in [4.69, 9.17) is 0 Å². The lowest BCUT2D eigenvalue weighted by molar-refractivity contribution is -0.121. The molecule has 2 aromatic heterocycles. The fourth-order valence-electron chi connectivity index (χ4n) is 3.18. The molecule has 0 aliphatic heterocycles. The highest BCUT2D eigenvalue weighted by molar-refractivity contribution is 7.89. The number of carbonyl (C=O) groups excluding carboxylic acids is 1. The molecule has 3 aromatic rings. The molecule has 2 heterocycles. The molecule has 156 valence electrons. The molecule has 0 spiro atoms. The van der Waals surface area contributed by atoms with Crippen LogP contribution in [0, 0.1) is 0 Å². The molecule has 0 saturated carbocycles. The largest absolute Gasteiger partial charge is 0.348 e. The van der Waals surface area contributed by atoms with Gasteiger partial charge in [0, 0.05) is 38.9 Å².